The summed E-state index contributed by atoms with van der Waals surface area (Å²) in [5.41, 5.74) is 4.03. The van der Waals surface area contributed by atoms with Crippen molar-refractivity contribution in [1.82, 2.24) is 14.7 Å². The number of rotatable bonds is 5. The van der Waals surface area contributed by atoms with Crippen LogP contribution in [0.25, 0.3) is 0 Å². The molecule has 1 amide bonds. The first-order valence-corrected chi connectivity index (χ1v) is 7.28. The molecule has 2 rings (SSSR count). The number of amides is 1. The Kier molecular flexibility index (Phi) is 4.85. The highest BCUT2D eigenvalue weighted by Gasteiger charge is 2.16. The first-order valence-electron chi connectivity index (χ1n) is 7.28. The van der Waals surface area contributed by atoms with Crippen LogP contribution in [0.4, 0.5) is 0 Å². The zero-order valence-electron chi connectivity index (χ0n) is 13.9. The van der Waals surface area contributed by atoms with Crippen LogP contribution in [-0.4, -0.2) is 34.7 Å². The summed E-state index contributed by atoms with van der Waals surface area (Å²) in [6.45, 7) is 4.50. The number of carbonyl (C=O) groups is 1. The standard InChI is InChI=1S/C17H23N3O2/c1-12-16(13(2)20(4)18-12)10-17(21)19(3)11-14-7-6-8-15(9-14)22-5/h6-9H,10-11H2,1-5H3. The van der Waals surface area contributed by atoms with Gasteiger partial charge in [0, 0.05) is 31.9 Å². The molecule has 5 nitrogen and oxygen atoms in total. The van der Waals surface area contributed by atoms with Gasteiger partial charge in [0.15, 0.2) is 0 Å². The van der Waals surface area contributed by atoms with Crippen LogP contribution in [0.3, 0.4) is 0 Å². The lowest BCUT2D eigenvalue weighted by Gasteiger charge is -2.18. The smallest absolute Gasteiger partial charge is 0.227 e. The SMILES string of the molecule is COc1cccc(CN(C)C(=O)Cc2c(C)nn(C)c2C)c1. The summed E-state index contributed by atoms with van der Waals surface area (Å²) in [6, 6.07) is 7.77. The molecule has 0 radical (unpaired) electrons. The zero-order valence-corrected chi connectivity index (χ0v) is 13.9. The van der Waals surface area contributed by atoms with E-state index in [9.17, 15) is 4.79 Å². The molecule has 0 atom stereocenters. The Labute approximate surface area is 131 Å². The summed E-state index contributed by atoms with van der Waals surface area (Å²) in [6.07, 6.45) is 0.381. The fourth-order valence-electron chi connectivity index (χ4n) is 2.49. The average molecular weight is 301 g/mol. The third-order valence-electron chi connectivity index (χ3n) is 3.97. The van der Waals surface area contributed by atoms with E-state index < -0.39 is 0 Å². The van der Waals surface area contributed by atoms with Gasteiger partial charge < -0.3 is 9.64 Å². The fraction of sp³-hybridized carbons (Fsp3) is 0.412. The highest BCUT2D eigenvalue weighted by atomic mass is 16.5. The summed E-state index contributed by atoms with van der Waals surface area (Å²) in [7, 11) is 5.36. The van der Waals surface area contributed by atoms with E-state index in [2.05, 4.69) is 5.10 Å². The molecule has 0 saturated carbocycles. The van der Waals surface area contributed by atoms with Crippen LogP contribution in [0.5, 0.6) is 5.75 Å². The van der Waals surface area contributed by atoms with Gasteiger partial charge in [0.05, 0.1) is 19.2 Å². The number of carbonyl (C=O) groups excluding carboxylic acids is 1. The van der Waals surface area contributed by atoms with Gasteiger partial charge in [-0.25, -0.2) is 0 Å². The molecule has 0 saturated heterocycles. The van der Waals surface area contributed by atoms with Crippen molar-refractivity contribution >= 4 is 5.91 Å². The van der Waals surface area contributed by atoms with Crippen molar-refractivity contribution in [2.45, 2.75) is 26.8 Å². The quantitative estimate of drug-likeness (QED) is 0.851. The number of aryl methyl sites for hydroxylation is 2. The lowest BCUT2D eigenvalue weighted by atomic mass is 10.1. The Balaban J connectivity index is 2.05. The molecule has 1 heterocycles. The summed E-state index contributed by atoms with van der Waals surface area (Å²) < 4.78 is 7.03. The minimum absolute atomic E-state index is 0.0852. The van der Waals surface area contributed by atoms with Crippen LogP contribution in [-0.2, 0) is 24.8 Å². The van der Waals surface area contributed by atoms with Gasteiger partial charge in [-0.3, -0.25) is 9.48 Å². The first-order chi connectivity index (χ1) is 10.4. The van der Waals surface area contributed by atoms with E-state index in [0.717, 1.165) is 28.3 Å². The molecule has 0 aliphatic heterocycles. The van der Waals surface area contributed by atoms with Crippen molar-refractivity contribution < 1.29 is 9.53 Å². The van der Waals surface area contributed by atoms with E-state index >= 15 is 0 Å². The molecule has 2 aromatic rings. The molecule has 5 heteroatoms. The third kappa shape index (κ3) is 3.47. The van der Waals surface area contributed by atoms with E-state index in [0.29, 0.717) is 13.0 Å². The van der Waals surface area contributed by atoms with E-state index in [1.54, 1.807) is 12.0 Å². The van der Waals surface area contributed by atoms with Crippen LogP contribution in [0, 0.1) is 13.8 Å². The number of hydrogen-bond donors (Lipinski definition) is 0. The number of hydrogen-bond acceptors (Lipinski definition) is 3. The van der Waals surface area contributed by atoms with Crippen molar-refractivity contribution in [1.29, 1.82) is 0 Å². The van der Waals surface area contributed by atoms with E-state index in [1.165, 1.54) is 0 Å². The van der Waals surface area contributed by atoms with Gasteiger partial charge in [-0.2, -0.15) is 5.10 Å². The van der Waals surface area contributed by atoms with Crippen molar-refractivity contribution in [3.8, 4) is 5.75 Å². The molecule has 0 N–H and O–H groups in total. The molecule has 0 fully saturated rings. The van der Waals surface area contributed by atoms with E-state index in [-0.39, 0.29) is 5.91 Å². The molecular formula is C17H23N3O2. The maximum atomic E-state index is 12.4. The second-order valence-electron chi connectivity index (χ2n) is 5.55. The van der Waals surface area contributed by atoms with E-state index in [1.807, 2.05) is 56.9 Å². The second-order valence-corrected chi connectivity index (χ2v) is 5.55. The van der Waals surface area contributed by atoms with Crippen LogP contribution in [0.2, 0.25) is 0 Å². The lowest BCUT2D eigenvalue weighted by molar-refractivity contribution is -0.129. The topological polar surface area (TPSA) is 47.4 Å². The van der Waals surface area contributed by atoms with Crippen LogP contribution in [0.15, 0.2) is 24.3 Å². The maximum Gasteiger partial charge on any atom is 0.227 e. The molecule has 1 aromatic carbocycles. The maximum absolute atomic E-state index is 12.4. The van der Waals surface area contributed by atoms with Gasteiger partial charge in [0.25, 0.3) is 0 Å². The zero-order chi connectivity index (χ0) is 16.3. The summed E-state index contributed by atoms with van der Waals surface area (Å²) >= 11 is 0. The lowest BCUT2D eigenvalue weighted by Crippen LogP contribution is -2.28. The predicted octanol–water partition coefficient (Wildman–Crippen LogP) is 2.25. The second kappa shape index (κ2) is 6.64. The fourth-order valence-corrected chi connectivity index (χ4v) is 2.49. The van der Waals surface area contributed by atoms with Crippen LogP contribution in [0.1, 0.15) is 22.5 Å². The van der Waals surface area contributed by atoms with Crippen LogP contribution < -0.4 is 4.74 Å². The average Bonchev–Trinajstić information content (AvgIpc) is 2.73. The number of ether oxygens (including phenoxy) is 1. The summed E-state index contributed by atoms with van der Waals surface area (Å²) in [5.74, 6) is 0.888. The minimum atomic E-state index is 0.0852. The molecule has 0 bridgehead atoms. The Bertz CT molecular complexity index is 677. The van der Waals surface area contributed by atoms with Crippen molar-refractivity contribution in [2.24, 2.45) is 7.05 Å². The van der Waals surface area contributed by atoms with Crippen molar-refractivity contribution in [2.75, 3.05) is 14.2 Å². The van der Waals surface area contributed by atoms with Gasteiger partial charge >= 0.3 is 0 Å². The third-order valence-corrected chi connectivity index (χ3v) is 3.97. The molecular weight excluding hydrogens is 278 g/mol. The highest BCUT2D eigenvalue weighted by Crippen LogP contribution is 2.16. The first kappa shape index (κ1) is 16.1. The Hall–Kier alpha value is -2.30. The molecule has 0 aliphatic rings. The van der Waals surface area contributed by atoms with Crippen molar-refractivity contribution in [3.63, 3.8) is 0 Å². The predicted molar refractivity (Wildman–Crippen MR) is 85.9 cm³/mol. The largest absolute Gasteiger partial charge is 0.497 e. The Morgan fingerprint density at radius 2 is 2.09 bits per heavy atom. The highest BCUT2D eigenvalue weighted by molar-refractivity contribution is 5.79. The van der Waals surface area contributed by atoms with E-state index in [4.69, 9.17) is 4.74 Å². The molecule has 22 heavy (non-hydrogen) atoms. The molecule has 0 spiro atoms. The number of benzene rings is 1. The van der Waals surface area contributed by atoms with Crippen LogP contribution >= 0.6 is 0 Å². The summed E-state index contributed by atoms with van der Waals surface area (Å²) in [4.78, 5) is 14.2. The summed E-state index contributed by atoms with van der Waals surface area (Å²) in [5, 5.41) is 4.36. The van der Waals surface area contributed by atoms with Gasteiger partial charge in [-0.1, -0.05) is 12.1 Å². The Morgan fingerprint density at radius 1 is 1.36 bits per heavy atom. The monoisotopic (exact) mass is 301 g/mol. The normalized spacial score (nSPS) is 10.6. The molecule has 1 aromatic heterocycles. The molecule has 118 valence electrons. The van der Waals surface area contributed by atoms with Gasteiger partial charge in [-0.05, 0) is 31.5 Å². The number of methoxy groups -OCH3 is 1. The molecule has 0 aliphatic carbocycles. The number of nitrogens with zero attached hydrogens (tertiary/aromatic N) is 3. The van der Waals surface area contributed by atoms with Gasteiger partial charge in [0.2, 0.25) is 5.91 Å². The van der Waals surface area contributed by atoms with Crippen molar-refractivity contribution in [3.05, 3.63) is 46.8 Å². The van der Waals surface area contributed by atoms with Gasteiger partial charge in [-0.15, -0.1) is 0 Å². The van der Waals surface area contributed by atoms with Gasteiger partial charge in [0.1, 0.15) is 5.75 Å². The molecule has 0 unspecified atom stereocenters. The minimum Gasteiger partial charge on any atom is -0.497 e. The Morgan fingerprint density at radius 3 is 2.68 bits per heavy atom. The number of likely N-dealkylation sites (N-methyl/N-ethyl adjacent to an activating group) is 1. The number of aromatic nitrogens is 2.